The van der Waals surface area contributed by atoms with Gasteiger partial charge in [0, 0.05) is 12.6 Å². The van der Waals surface area contributed by atoms with Crippen molar-refractivity contribution >= 4 is 11.8 Å². The zero-order chi connectivity index (χ0) is 14.3. The molecule has 19 heavy (non-hydrogen) atoms. The number of hydrogen-bond donors (Lipinski definition) is 3. The summed E-state index contributed by atoms with van der Waals surface area (Å²) in [5, 5.41) is 6.03. The van der Waals surface area contributed by atoms with Crippen LogP contribution >= 0.6 is 0 Å². The summed E-state index contributed by atoms with van der Waals surface area (Å²) in [7, 11) is 0. The summed E-state index contributed by atoms with van der Waals surface area (Å²) in [6.45, 7) is 7.73. The summed E-state index contributed by atoms with van der Waals surface area (Å²) in [6, 6.07) is -0.145. The average Bonchev–Trinajstić information content (AvgIpc) is 2.42. The molecule has 1 unspecified atom stereocenters. The third-order valence-electron chi connectivity index (χ3n) is 3.41. The van der Waals surface area contributed by atoms with Gasteiger partial charge in [-0.25, -0.2) is 0 Å². The lowest BCUT2D eigenvalue weighted by atomic mass is 10.0. The second kappa shape index (κ2) is 7.91. The number of carbonyl (C=O) groups excluding carboxylic acids is 2. The van der Waals surface area contributed by atoms with E-state index in [0.29, 0.717) is 6.54 Å². The molecule has 0 radical (unpaired) electrons. The van der Waals surface area contributed by atoms with Crippen LogP contribution in [0, 0.1) is 0 Å². The quantitative estimate of drug-likeness (QED) is 0.528. The maximum Gasteiger partial charge on any atom is 0.237 e. The predicted octanol–water partition coefficient (Wildman–Crippen LogP) is -0.784. The van der Waals surface area contributed by atoms with Crippen molar-refractivity contribution in [2.24, 2.45) is 5.73 Å². The minimum Gasteiger partial charge on any atom is -0.369 e. The van der Waals surface area contributed by atoms with E-state index in [0.717, 1.165) is 25.9 Å². The molecule has 1 saturated heterocycles. The first-order valence-corrected chi connectivity index (χ1v) is 6.69. The molecule has 4 N–H and O–H groups in total. The minimum absolute atomic E-state index is 0.0975. The molecule has 6 heteroatoms. The van der Waals surface area contributed by atoms with Crippen LogP contribution in [0.2, 0.25) is 0 Å². The van der Waals surface area contributed by atoms with Crippen molar-refractivity contribution in [3.05, 3.63) is 12.7 Å². The lowest BCUT2D eigenvalue weighted by Gasteiger charge is -2.37. The van der Waals surface area contributed by atoms with E-state index in [4.69, 9.17) is 5.73 Å². The maximum absolute atomic E-state index is 12.0. The first kappa shape index (κ1) is 15.7. The molecule has 0 aromatic rings. The normalized spacial score (nSPS) is 18.0. The molecule has 1 aliphatic heterocycles. The number of carbonyl (C=O) groups is 2. The molecule has 0 aromatic carbocycles. The Morgan fingerprint density at radius 2 is 2.16 bits per heavy atom. The molecule has 0 aliphatic carbocycles. The van der Waals surface area contributed by atoms with Gasteiger partial charge in [-0.15, -0.1) is 6.58 Å². The van der Waals surface area contributed by atoms with Gasteiger partial charge in [0.1, 0.15) is 0 Å². The van der Waals surface area contributed by atoms with Crippen LogP contribution in [0.15, 0.2) is 12.7 Å². The Balaban J connectivity index is 2.67. The molecular weight excluding hydrogens is 244 g/mol. The number of piperidine rings is 1. The van der Waals surface area contributed by atoms with Gasteiger partial charge in [0.25, 0.3) is 0 Å². The van der Waals surface area contributed by atoms with Gasteiger partial charge in [0.2, 0.25) is 11.8 Å². The van der Waals surface area contributed by atoms with Gasteiger partial charge in [0.05, 0.1) is 12.6 Å². The summed E-state index contributed by atoms with van der Waals surface area (Å²) < 4.78 is 0. The fourth-order valence-electron chi connectivity index (χ4n) is 2.37. The molecule has 0 spiro atoms. The van der Waals surface area contributed by atoms with E-state index in [1.807, 2.05) is 11.8 Å². The highest BCUT2D eigenvalue weighted by Crippen LogP contribution is 2.15. The summed E-state index contributed by atoms with van der Waals surface area (Å²) >= 11 is 0. The van der Waals surface area contributed by atoms with E-state index in [1.165, 1.54) is 0 Å². The maximum atomic E-state index is 12.0. The zero-order valence-electron chi connectivity index (χ0n) is 11.5. The van der Waals surface area contributed by atoms with Crippen LogP contribution in [0.4, 0.5) is 0 Å². The highest BCUT2D eigenvalue weighted by atomic mass is 16.2. The van der Waals surface area contributed by atoms with E-state index in [-0.39, 0.29) is 24.5 Å². The topological polar surface area (TPSA) is 87.5 Å². The van der Waals surface area contributed by atoms with Gasteiger partial charge >= 0.3 is 0 Å². The van der Waals surface area contributed by atoms with Crippen LogP contribution in [0.3, 0.4) is 0 Å². The van der Waals surface area contributed by atoms with E-state index >= 15 is 0 Å². The third-order valence-corrected chi connectivity index (χ3v) is 3.41. The number of hydrogen-bond acceptors (Lipinski definition) is 4. The number of nitrogens with two attached hydrogens (primary N) is 1. The van der Waals surface area contributed by atoms with Crippen molar-refractivity contribution in [3.63, 3.8) is 0 Å². The standard InChI is InChI=1S/C13H24N4O2/c1-3-6-16-13(19)10(2)17(9-12(14)18)11-4-7-15-8-5-11/h3,10-11,15H,1,4-9H2,2H3,(H2,14,18)(H,16,19). The lowest BCUT2D eigenvalue weighted by molar-refractivity contribution is -0.129. The first-order chi connectivity index (χ1) is 9.06. The Hall–Kier alpha value is -1.40. The SMILES string of the molecule is C=CCNC(=O)C(C)N(CC(N)=O)C1CCNCC1. The van der Waals surface area contributed by atoms with Crippen molar-refractivity contribution in [2.45, 2.75) is 31.8 Å². The van der Waals surface area contributed by atoms with Crippen LogP contribution in [-0.4, -0.2) is 55.0 Å². The molecule has 6 nitrogen and oxygen atoms in total. The summed E-state index contributed by atoms with van der Waals surface area (Å²) in [6.07, 6.45) is 3.48. The molecule has 108 valence electrons. The molecule has 0 saturated carbocycles. The minimum atomic E-state index is -0.401. The third kappa shape index (κ3) is 5.00. The Morgan fingerprint density at radius 3 is 2.68 bits per heavy atom. The number of rotatable bonds is 7. The predicted molar refractivity (Wildman–Crippen MR) is 74.5 cm³/mol. The van der Waals surface area contributed by atoms with Crippen molar-refractivity contribution in [1.82, 2.24) is 15.5 Å². The molecular formula is C13H24N4O2. The fraction of sp³-hybridized carbons (Fsp3) is 0.692. The van der Waals surface area contributed by atoms with Gasteiger partial charge in [-0.05, 0) is 32.9 Å². The van der Waals surface area contributed by atoms with Gasteiger partial charge in [-0.1, -0.05) is 6.08 Å². The first-order valence-electron chi connectivity index (χ1n) is 6.69. The molecule has 1 fully saturated rings. The largest absolute Gasteiger partial charge is 0.369 e. The van der Waals surface area contributed by atoms with Gasteiger partial charge in [-0.2, -0.15) is 0 Å². The summed E-state index contributed by atoms with van der Waals surface area (Å²) in [5.74, 6) is -0.499. The Kier molecular flexibility index (Phi) is 6.52. The van der Waals surface area contributed by atoms with Crippen molar-refractivity contribution < 1.29 is 9.59 Å². The van der Waals surface area contributed by atoms with Crippen LogP contribution in [0.25, 0.3) is 0 Å². The van der Waals surface area contributed by atoms with Gasteiger partial charge in [-0.3, -0.25) is 14.5 Å². The fourth-order valence-corrected chi connectivity index (χ4v) is 2.37. The van der Waals surface area contributed by atoms with E-state index in [9.17, 15) is 9.59 Å². The van der Waals surface area contributed by atoms with Crippen LogP contribution in [0.5, 0.6) is 0 Å². The van der Waals surface area contributed by atoms with Gasteiger partial charge < -0.3 is 16.4 Å². The second-order valence-electron chi connectivity index (χ2n) is 4.83. The molecule has 0 aromatic heterocycles. The van der Waals surface area contributed by atoms with E-state index < -0.39 is 5.91 Å². The Morgan fingerprint density at radius 1 is 1.53 bits per heavy atom. The molecule has 1 aliphatic rings. The Labute approximate surface area is 114 Å². The second-order valence-corrected chi connectivity index (χ2v) is 4.83. The van der Waals surface area contributed by atoms with Crippen LogP contribution in [0.1, 0.15) is 19.8 Å². The number of nitrogens with one attached hydrogen (secondary N) is 2. The van der Waals surface area contributed by atoms with Crippen molar-refractivity contribution in [1.29, 1.82) is 0 Å². The number of primary amides is 1. The number of nitrogens with zero attached hydrogens (tertiary/aromatic N) is 1. The molecule has 0 bridgehead atoms. The highest BCUT2D eigenvalue weighted by Gasteiger charge is 2.29. The number of amides is 2. The smallest absolute Gasteiger partial charge is 0.237 e. The molecule has 1 atom stereocenters. The molecule has 1 rings (SSSR count). The highest BCUT2D eigenvalue weighted by molar-refractivity contribution is 5.83. The van der Waals surface area contributed by atoms with Crippen LogP contribution < -0.4 is 16.4 Å². The van der Waals surface area contributed by atoms with Crippen LogP contribution in [-0.2, 0) is 9.59 Å². The summed E-state index contributed by atoms with van der Waals surface area (Å²) in [5.41, 5.74) is 5.29. The van der Waals surface area contributed by atoms with Crippen molar-refractivity contribution in [3.8, 4) is 0 Å². The monoisotopic (exact) mass is 268 g/mol. The lowest BCUT2D eigenvalue weighted by Crippen LogP contribution is -2.54. The molecule has 2 amide bonds. The summed E-state index contributed by atoms with van der Waals surface area (Å²) in [4.78, 5) is 25.1. The van der Waals surface area contributed by atoms with E-state index in [1.54, 1.807) is 6.08 Å². The Bertz CT molecular complexity index is 327. The van der Waals surface area contributed by atoms with Gasteiger partial charge in [0.15, 0.2) is 0 Å². The van der Waals surface area contributed by atoms with E-state index in [2.05, 4.69) is 17.2 Å². The molecule has 1 heterocycles. The van der Waals surface area contributed by atoms with Crippen molar-refractivity contribution in [2.75, 3.05) is 26.2 Å². The average molecular weight is 268 g/mol. The zero-order valence-corrected chi connectivity index (χ0v) is 11.5.